The van der Waals surface area contributed by atoms with E-state index in [1.807, 2.05) is 6.92 Å². The fourth-order valence-electron chi connectivity index (χ4n) is 12.5. The Morgan fingerprint density at radius 1 is 0.851 bits per heavy atom. The molecule has 0 aromatic rings. The smallest absolute Gasteiger partial charge is 0.335 e. The van der Waals surface area contributed by atoms with Crippen molar-refractivity contribution in [3.05, 3.63) is 11.6 Å². The summed E-state index contributed by atoms with van der Waals surface area (Å²) < 4.78 is 11.8. The molecule has 0 aromatic heterocycles. The number of allylic oxidation sites excluding steroid dienone is 2. The van der Waals surface area contributed by atoms with E-state index in [1.165, 1.54) is 5.57 Å². The number of rotatable bonds is 5. The van der Waals surface area contributed by atoms with Crippen LogP contribution in [-0.4, -0.2) is 109 Å². The molecule has 0 aromatic carbocycles. The first-order valence-electron chi connectivity index (χ1n) is 17.6. The van der Waals surface area contributed by atoms with Crippen LogP contribution in [0.15, 0.2) is 11.6 Å². The molecule has 1 heterocycles. The summed E-state index contributed by atoms with van der Waals surface area (Å²) in [6, 6.07) is 0. The van der Waals surface area contributed by atoms with E-state index in [9.17, 15) is 45.6 Å². The Morgan fingerprint density at radius 3 is 2.13 bits per heavy atom. The highest BCUT2D eigenvalue weighted by atomic mass is 16.7. The fraction of sp³-hybridized carbons (Fsp3) is 0.917. The van der Waals surface area contributed by atoms with Crippen molar-refractivity contribution in [2.24, 2.45) is 50.2 Å². The Labute approximate surface area is 278 Å². The molecule has 1 saturated heterocycles. The van der Waals surface area contributed by atoms with E-state index in [1.54, 1.807) is 0 Å². The van der Waals surface area contributed by atoms with Gasteiger partial charge in [0.1, 0.15) is 18.3 Å². The summed E-state index contributed by atoms with van der Waals surface area (Å²) in [5.41, 5.74) is -1.45. The van der Waals surface area contributed by atoms with E-state index in [0.29, 0.717) is 19.3 Å². The van der Waals surface area contributed by atoms with E-state index >= 15 is 0 Å². The summed E-state index contributed by atoms with van der Waals surface area (Å²) in [5.74, 6) is -1.41. The van der Waals surface area contributed by atoms with Crippen LogP contribution in [0.2, 0.25) is 0 Å². The van der Waals surface area contributed by atoms with E-state index < -0.39 is 65.8 Å². The lowest BCUT2D eigenvalue weighted by molar-refractivity contribution is -0.327. The SMILES string of the molecule is CC1(C)C[C@H](O)[C@]2(CO)[C@@H](O)C[C@]3(C)C(=CC[C@@H]4[C@@]5(C)CC[C@H](O[C@@H]6O[C@H](C(=O)O)[C@@H](O)[C@H](O)[C@H]6O)[C@@](C)(CO)[C@@H]5CC[C@]43C)[C@@H]2C1. The number of ether oxygens (including phenoxy) is 2. The zero-order valence-corrected chi connectivity index (χ0v) is 28.8. The molecule has 6 aliphatic rings. The van der Waals surface area contributed by atoms with Gasteiger partial charge in [-0.05, 0) is 90.8 Å². The third-order valence-electron chi connectivity index (χ3n) is 15.4. The van der Waals surface area contributed by atoms with Gasteiger partial charge in [-0.3, -0.25) is 0 Å². The maximum Gasteiger partial charge on any atom is 0.335 e. The minimum atomic E-state index is -1.81. The topological polar surface area (TPSA) is 197 Å². The van der Waals surface area contributed by atoms with E-state index in [2.05, 4.69) is 40.7 Å². The van der Waals surface area contributed by atoms with Crippen LogP contribution in [0.1, 0.15) is 92.9 Å². The van der Waals surface area contributed by atoms with E-state index in [4.69, 9.17) is 9.47 Å². The quantitative estimate of drug-likeness (QED) is 0.158. The normalized spacial score (nSPS) is 55.5. The lowest BCUT2D eigenvalue weighted by atomic mass is 9.33. The maximum atomic E-state index is 11.9. The molecule has 0 radical (unpaired) electrons. The highest BCUT2D eigenvalue weighted by Gasteiger charge is 2.71. The van der Waals surface area contributed by atoms with Crippen molar-refractivity contribution in [1.82, 2.24) is 0 Å². The van der Waals surface area contributed by atoms with Crippen LogP contribution in [0.3, 0.4) is 0 Å². The van der Waals surface area contributed by atoms with Gasteiger partial charge in [0, 0.05) is 5.41 Å². The van der Waals surface area contributed by atoms with Crippen molar-refractivity contribution in [2.75, 3.05) is 13.2 Å². The molecular weight excluding hydrogens is 608 g/mol. The first kappa shape index (κ1) is 35.7. The molecule has 5 aliphatic carbocycles. The number of carboxylic acids is 1. The average Bonchev–Trinajstić information content (AvgIpc) is 2.98. The van der Waals surface area contributed by atoms with E-state index in [0.717, 1.165) is 32.1 Å². The van der Waals surface area contributed by atoms with Gasteiger partial charge < -0.3 is 50.3 Å². The van der Waals surface area contributed by atoms with Crippen molar-refractivity contribution in [2.45, 2.75) is 142 Å². The Bertz CT molecular complexity index is 1270. The van der Waals surface area contributed by atoms with Gasteiger partial charge in [-0.2, -0.15) is 0 Å². The number of carboxylic acid groups (broad SMARTS) is 1. The fourth-order valence-corrected chi connectivity index (χ4v) is 12.5. The number of hydrogen-bond donors (Lipinski definition) is 8. The molecule has 0 bridgehead atoms. The van der Waals surface area contributed by atoms with Crippen LogP contribution in [-0.2, 0) is 14.3 Å². The minimum absolute atomic E-state index is 0.00220. The minimum Gasteiger partial charge on any atom is -0.479 e. The third-order valence-corrected chi connectivity index (χ3v) is 15.4. The van der Waals surface area contributed by atoms with Crippen LogP contribution in [0, 0.1) is 50.2 Å². The Kier molecular flexibility index (Phi) is 8.68. The molecule has 0 spiro atoms. The first-order valence-corrected chi connectivity index (χ1v) is 17.6. The number of fused-ring (bicyclic) bond motifs is 7. The predicted molar refractivity (Wildman–Crippen MR) is 170 cm³/mol. The summed E-state index contributed by atoms with van der Waals surface area (Å²) in [6.45, 7) is 12.8. The van der Waals surface area contributed by atoms with Crippen molar-refractivity contribution in [3.63, 3.8) is 0 Å². The number of aliphatic carboxylic acids is 1. The zero-order chi connectivity index (χ0) is 34.7. The van der Waals surface area contributed by atoms with E-state index in [-0.39, 0.29) is 52.6 Å². The van der Waals surface area contributed by atoms with Gasteiger partial charge in [0.25, 0.3) is 0 Å². The largest absolute Gasteiger partial charge is 0.479 e. The third kappa shape index (κ3) is 4.74. The summed E-state index contributed by atoms with van der Waals surface area (Å²) in [5, 5.41) is 86.1. The predicted octanol–water partition coefficient (Wildman–Crippen LogP) is 1.97. The van der Waals surface area contributed by atoms with Crippen molar-refractivity contribution < 1.29 is 55.1 Å². The maximum absolute atomic E-state index is 11.9. The Balaban J connectivity index is 1.33. The molecule has 0 unspecified atom stereocenters. The van der Waals surface area contributed by atoms with Gasteiger partial charge in [0.2, 0.25) is 0 Å². The molecule has 11 nitrogen and oxygen atoms in total. The molecule has 47 heavy (non-hydrogen) atoms. The lowest BCUT2D eigenvalue weighted by Gasteiger charge is -2.72. The van der Waals surface area contributed by atoms with Crippen LogP contribution in [0.5, 0.6) is 0 Å². The van der Waals surface area contributed by atoms with Crippen molar-refractivity contribution >= 4 is 5.97 Å². The number of carbonyl (C=O) groups is 1. The molecule has 1 aliphatic heterocycles. The van der Waals surface area contributed by atoms with Gasteiger partial charge in [0.05, 0.1) is 36.9 Å². The van der Waals surface area contributed by atoms with Crippen LogP contribution in [0.4, 0.5) is 0 Å². The Morgan fingerprint density at radius 2 is 1.51 bits per heavy atom. The van der Waals surface area contributed by atoms with Crippen LogP contribution >= 0.6 is 0 Å². The van der Waals surface area contributed by atoms with Crippen LogP contribution < -0.4 is 0 Å². The monoisotopic (exact) mass is 666 g/mol. The molecule has 11 heteroatoms. The summed E-state index contributed by atoms with van der Waals surface area (Å²) in [7, 11) is 0. The second-order valence-electron chi connectivity index (χ2n) is 18.0. The summed E-state index contributed by atoms with van der Waals surface area (Å²) in [4.78, 5) is 11.7. The van der Waals surface area contributed by atoms with Gasteiger partial charge in [-0.1, -0.05) is 53.2 Å². The molecule has 6 rings (SSSR count). The van der Waals surface area contributed by atoms with Gasteiger partial charge >= 0.3 is 5.97 Å². The standard InChI is InChI=1S/C36H58O11/c1-31(2)13-19-18-7-8-21-32(3)11-10-24(46-30-27(43)25(41)26(42)28(47-30)29(44)45)33(4,16-37)20(32)9-12-34(21,5)35(18,6)15-23(40)36(19,17-38)22(39)14-31/h7,19-28,30,37-43H,8-17H2,1-6H3,(H,44,45)/t19-,20+,21+,22-,23-,24-,25-,26-,27+,28-,30+,32-,33-,34+,35+,36+/m0/s1. The second-order valence-corrected chi connectivity index (χ2v) is 18.0. The van der Waals surface area contributed by atoms with Crippen LogP contribution in [0.25, 0.3) is 0 Å². The number of aliphatic hydroxyl groups excluding tert-OH is 7. The summed E-state index contributed by atoms with van der Waals surface area (Å²) >= 11 is 0. The molecular formula is C36H58O11. The summed E-state index contributed by atoms with van der Waals surface area (Å²) in [6.07, 6.45) is -2.97. The molecule has 16 atom stereocenters. The van der Waals surface area contributed by atoms with Gasteiger partial charge in [-0.15, -0.1) is 0 Å². The number of hydrogen-bond acceptors (Lipinski definition) is 10. The van der Waals surface area contributed by atoms with Gasteiger partial charge in [0.15, 0.2) is 12.4 Å². The lowest BCUT2D eigenvalue weighted by Crippen LogP contribution is -2.69. The van der Waals surface area contributed by atoms with Crippen molar-refractivity contribution in [3.8, 4) is 0 Å². The second kappa shape index (κ2) is 11.4. The molecule has 5 fully saturated rings. The Hall–Kier alpha value is -1.15. The molecule has 268 valence electrons. The average molecular weight is 667 g/mol. The molecule has 0 amide bonds. The first-order chi connectivity index (χ1) is 21.8. The van der Waals surface area contributed by atoms with Crippen molar-refractivity contribution in [1.29, 1.82) is 0 Å². The highest BCUT2D eigenvalue weighted by molar-refractivity contribution is 5.73. The number of aliphatic hydroxyl groups is 7. The molecule has 8 N–H and O–H groups in total. The molecule has 4 saturated carbocycles. The highest BCUT2D eigenvalue weighted by Crippen LogP contribution is 2.75. The zero-order valence-electron chi connectivity index (χ0n) is 28.8. The van der Waals surface area contributed by atoms with Gasteiger partial charge in [-0.25, -0.2) is 4.79 Å².